The number of hydrogen-bond acceptors (Lipinski definition) is 4. The molecule has 3 rings (SSSR count). The number of aryl methyl sites for hydroxylation is 1. The average Bonchev–Trinajstić information content (AvgIpc) is 3.25. The SMILES string of the molecule is Cc1nc([C@@H](C)NC(=O)C2(c3ccccc3)CC2)sc1C(=O)O. The molecule has 1 heterocycles. The van der Waals surface area contributed by atoms with Crippen LogP contribution in [0.25, 0.3) is 0 Å². The number of amides is 1. The van der Waals surface area contributed by atoms with Crippen molar-refractivity contribution in [2.45, 2.75) is 38.1 Å². The molecule has 0 unspecified atom stereocenters. The minimum absolute atomic E-state index is 0.0130. The third-order valence-corrected chi connectivity index (χ3v) is 5.56. The average molecular weight is 330 g/mol. The lowest BCUT2D eigenvalue weighted by atomic mass is 9.95. The maximum atomic E-state index is 12.7. The number of benzene rings is 1. The molecule has 1 aliphatic rings. The van der Waals surface area contributed by atoms with E-state index in [-0.39, 0.29) is 16.8 Å². The van der Waals surface area contributed by atoms with Crippen LogP contribution in [-0.2, 0) is 10.2 Å². The first-order valence-corrected chi connectivity index (χ1v) is 8.33. The van der Waals surface area contributed by atoms with Gasteiger partial charge in [-0.05, 0) is 32.3 Å². The summed E-state index contributed by atoms with van der Waals surface area (Å²) in [5.74, 6) is -0.992. The molecule has 120 valence electrons. The van der Waals surface area contributed by atoms with Crippen LogP contribution < -0.4 is 5.32 Å². The number of nitrogens with one attached hydrogen (secondary N) is 1. The van der Waals surface area contributed by atoms with Gasteiger partial charge in [-0.2, -0.15) is 0 Å². The fraction of sp³-hybridized carbons (Fsp3) is 0.353. The van der Waals surface area contributed by atoms with Crippen molar-refractivity contribution in [2.75, 3.05) is 0 Å². The van der Waals surface area contributed by atoms with Crippen molar-refractivity contribution in [1.82, 2.24) is 10.3 Å². The monoisotopic (exact) mass is 330 g/mol. The van der Waals surface area contributed by atoms with Gasteiger partial charge in [0.15, 0.2) is 0 Å². The van der Waals surface area contributed by atoms with Crippen LogP contribution in [0.2, 0.25) is 0 Å². The van der Waals surface area contributed by atoms with Crippen LogP contribution in [0, 0.1) is 6.92 Å². The molecule has 6 heteroatoms. The minimum Gasteiger partial charge on any atom is -0.477 e. The smallest absolute Gasteiger partial charge is 0.347 e. The van der Waals surface area contributed by atoms with Crippen LogP contribution in [0.5, 0.6) is 0 Å². The molecular formula is C17H18N2O3S. The summed E-state index contributed by atoms with van der Waals surface area (Å²) in [6, 6.07) is 9.47. The number of rotatable bonds is 5. The number of carbonyl (C=O) groups is 2. The summed E-state index contributed by atoms with van der Waals surface area (Å²) in [5.41, 5.74) is 1.09. The highest BCUT2D eigenvalue weighted by Crippen LogP contribution is 2.48. The van der Waals surface area contributed by atoms with Gasteiger partial charge in [-0.1, -0.05) is 30.3 Å². The van der Waals surface area contributed by atoms with E-state index in [1.807, 2.05) is 37.3 Å². The molecule has 1 aromatic heterocycles. The first kappa shape index (κ1) is 15.7. The molecule has 0 saturated heterocycles. The van der Waals surface area contributed by atoms with Gasteiger partial charge in [-0.25, -0.2) is 9.78 Å². The van der Waals surface area contributed by atoms with Gasteiger partial charge in [0.1, 0.15) is 9.88 Å². The molecule has 2 aromatic rings. The molecule has 1 aliphatic carbocycles. The van der Waals surface area contributed by atoms with Crippen LogP contribution in [0.15, 0.2) is 30.3 Å². The molecule has 1 saturated carbocycles. The number of carbonyl (C=O) groups excluding carboxylic acids is 1. The molecule has 0 radical (unpaired) electrons. The van der Waals surface area contributed by atoms with E-state index in [1.165, 1.54) is 0 Å². The molecule has 1 amide bonds. The zero-order valence-corrected chi connectivity index (χ0v) is 13.8. The van der Waals surface area contributed by atoms with Crippen molar-refractivity contribution in [2.24, 2.45) is 0 Å². The van der Waals surface area contributed by atoms with Crippen molar-refractivity contribution in [3.63, 3.8) is 0 Å². The van der Waals surface area contributed by atoms with Crippen molar-refractivity contribution in [3.05, 3.63) is 51.5 Å². The number of hydrogen-bond donors (Lipinski definition) is 2. The second-order valence-electron chi connectivity index (χ2n) is 5.92. The summed E-state index contributed by atoms with van der Waals surface area (Å²) in [7, 11) is 0. The minimum atomic E-state index is -0.979. The lowest BCUT2D eigenvalue weighted by Crippen LogP contribution is -2.36. The lowest BCUT2D eigenvalue weighted by molar-refractivity contribution is -0.124. The van der Waals surface area contributed by atoms with Crippen LogP contribution in [-0.4, -0.2) is 22.0 Å². The number of aromatic nitrogens is 1. The lowest BCUT2D eigenvalue weighted by Gasteiger charge is -2.18. The third-order valence-electron chi connectivity index (χ3n) is 4.24. The summed E-state index contributed by atoms with van der Waals surface area (Å²) in [5, 5.41) is 12.7. The maximum Gasteiger partial charge on any atom is 0.347 e. The first-order chi connectivity index (χ1) is 10.9. The van der Waals surface area contributed by atoms with Crippen molar-refractivity contribution >= 4 is 23.2 Å². The Hall–Kier alpha value is -2.21. The van der Waals surface area contributed by atoms with Crippen LogP contribution >= 0.6 is 11.3 Å². The summed E-state index contributed by atoms with van der Waals surface area (Å²) >= 11 is 1.12. The van der Waals surface area contributed by atoms with E-state index in [0.717, 1.165) is 29.7 Å². The van der Waals surface area contributed by atoms with Gasteiger partial charge in [0.05, 0.1) is 17.2 Å². The van der Waals surface area contributed by atoms with Gasteiger partial charge >= 0.3 is 5.97 Å². The molecule has 0 spiro atoms. The number of aromatic carboxylic acids is 1. The molecule has 1 aromatic carbocycles. The van der Waals surface area contributed by atoms with Crippen LogP contribution in [0.3, 0.4) is 0 Å². The van der Waals surface area contributed by atoms with Crippen molar-refractivity contribution in [3.8, 4) is 0 Å². The molecule has 23 heavy (non-hydrogen) atoms. The topological polar surface area (TPSA) is 79.3 Å². The Morgan fingerprint density at radius 3 is 2.48 bits per heavy atom. The largest absolute Gasteiger partial charge is 0.477 e. The third kappa shape index (κ3) is 2.86. The van der Waals surface area contributed by atoms with E-state index in [4.69, 9.17) is 5.11 Å². The highest BCUT2D eigenvalue weighted by atomic mass is 32.1. The fourth-order valence-electron chi connectivity index (χ4n) is 2.73. The van der Waals surface area contributed by atoms with Gasteiger partial charge < -0.3 is 10.4 Å². The molecule has 1 atom stereocenters. The molecule has 0 bridgehead atoms. The predicted octanol–water partition coefficient (Wildman–Crippen LogP) is 3.06. The van der Waals surface area contributed by atoms with Gasteiger partial charge in [-0.15, -0.1) is 11.3 Å². The Morgan fingerprint density at radius 1 is 1.30 bits per heavy atom. The van der Waals surface area contributed by atoms with Crippen molar-refractivity contribution in [1.29, 1.82) is 0 Å². The zero-order chi connectivity index (χ0) is 16.6. The first-order valence-electron chi connectivity index (χ1n) is 7.51. The Labute approximate surface area is 138 Å². The van der Waals surface area contributed by atoms with E-state index < -0.39 is 11.4 Å². The zero-order valence-electron chi connectivity index (χ0n) is 13.0. The second-order valence-corrected chi connectivity index (χ2v) is 6.95. The second kappa shape index (κ2) is 5.77. The van der Waals surface area contributed by atoms with E-state index in [1.54, 1.807) is 6.92 Å². The Bertz CT molecular complexity index is 750. The molecule has 5 nitrogen and oxygen atoms in total. The quantitative estimate of drug-likeness (QED) is 0.883. The molecular weight excluding hydrogens is 312 g/mol. The van der Waals surface area contributed by atoms with Crippen LogP contribution in [0.4, 0.5) is 0 Å². The summed E-state index contributed by atoms with van der Waals surface area (Å²) in [6.45, 7) is 3.51. The highest BCUT2D eigenvalue weighted by molar-refractivity contribution is 7.13. The molecule has 2 N–H and O–H groups in total. The standard InChI is InChI=1S/C17H18N2O3S/c1-10-13(15(20)21)23-14(18-10)11(2)19-16(22)17(8-9-17)12-6-4-3-5-7-12/h3-7,11H,8-9H2,1-2H3,(H,19,22)(H,20,21)/t11-/m1/s1. The Morgan fingerprint density at radius 2 is 1.96 bits per heavy atom. The van der Waals surface area contributed by atoms with E-state index in [9.17, 15) is 9.59 Å². The highest BCUT2D eigenvalue weighted by Gasteiger charge is 2.51. The number of thiazole rings is 1. The molecule has 1 fully saturated rings. The van der Waals surface area contributed by atoms with E-state index in [2.05, 4.69) is 10.3 Å². The van der Waals surface area contributed by atoms with E-state index >= 15 is 0 Å². The van der Waals surface area contributed by atoms with Gasteiger partial charge in [-0.3, -0.25) is 4.79 Å². The summed E-state index contributed by atoms with van der Waals surface area (Å²) < 4.78 is 0. The Kier molecular flexibility index (Phi) is 3.93. The van der Waals surface area contributed by atoms with Gasteiger partial charge in [0.2, 0.25) is 5.91 Å². The van der Waals surface area contributed by atoms with E-state index in [0.29, 0.717) is 10.7 Å². The Balaban J connectivity index is 1.76. The number of nitrogens with zero attached hydrogens (tertiary/aromatic N) is 1. The fourth-order valence-corrected chi connectivity index (χ4v) is 3.63. The normalized spacial score (nSPS) is 16.6. The van der Waals surface area contributed by atoms with Gasteiger partial charge in [0.25, 0.3) is 0 Å². The van der Waals surface area contributed by atoms with Gasteiger partial charge in [0, 0.05) is 0 Å². The van der Waals surface area contributed by atoms with Crippen LogP contribution in [0.1, 0.15) is 51.7 Å². The summed E-state index contributed by atoms with van der Waals surface area (Å²) in [6.07, 6.45) is 1.68. The predicted molar refractivity (Wildman–Crippen MR) is 87.7 cm³/mol. The summed E-state index contributed by atoms with van der Waals surface area (Å²) in [4.78, 5) is 28.3. The molecule has 0 aliphatic heterocycles. The number of carboxylic acid groups (broad SMARTS) is 1. The maximum absolute atomic E-state index is 12.7. The van der Waals surface area contributed by atoms with Crippen molar-refractivity contribution < 1.29 is 14.7 Å². The number of carboxylic acids is 1.